The molecule has 0 amide bonds. The first kappa shape index (κ1) is 22.6. The quantitative estimate of drug-likeness (QED) is 0.285. The zero-order chi connectivity index (χ0) is 20.1. The Morgan fingerprint density at radius 2 is 2.13 bits per heavy atom. The third kappa shape index (κ3) is 5.55. The predicted molar refractivity (Wildman–Crippen MR) is 129 cm³/mol. The molecule has 0 radical (unpaired) electrons. The van der Waals surface area contributed by atoms with Crippen molar-refractivity contribution in [2.45, 2.75) is 38.6 Å². The van der Waals surface area contributed by atoms with Crippen LogP contribution in [0.1, 0.15) is 23.8 Å². The summed E-state index contributed by atoms with van der Waals surface area (Å²) in [4.78, 5) is 13.6. The molecule has 0 bridgehead atoms. The van der Waals surface area contributed by atoms with Crippen LogP contribution in [0.2, 0.25) is 0 Å². The third-order valence-corrected chi connectivity index (χ3v) is 5.69. The first-order valence-electron chi connectivity index (χ1n) is 9.63. The van der Waals surface area contributed by atoms with Crippen LogP contribution < -0.4 is 10.6 Å². The number of rotatable bonds is 6. The van der Waals surface area contributed by atoms with E-state index in [0.717, 1.165) is 53.3 Å². The monoisotopic (exact) mass is 539 g/mol. The molecule has 0 saturated heterocycles. The van der Waals surface area contributed by atoms with E-state index < -0.39 is 0 Å². The number of benzene rings is 1. The Bertz CT molecular complexity index is 973. The van der Waals surface area contributed by atoms with Crippen molar-refractivity contribution in [1.82, 2.24) is 30.4 Å². The smallest absolute Gasteiger partial charge is 0.191 e. The summed E-state index contributed by atoms with van der Waals surface area (Å²) in [5.74, 6) is 2.53. The molecule has 1 aromatic carbocycles. The maximum Gasteiger partial charge on any atom is 0.191 e. The molecular weight excluding hydrogens is 513 g/mol. The number of nitrogens with zero attached hydrogens (tertiary/aromatic N) is 5. The summed E-state index contributed by atoms with van der Waals surface area (Å²) >= 11 is 1.66. The number of thiazole rings is 1. The van der Waals surface area contributed by atoms with Crippen LogP contribution in [-0.2, 0) is 30.9 Å². The molecule has 3 heterocycles. The second-order valence-corrected chi connectivity index (χ2v) is 7.73. The fraction of sp³-hybridized carbons (Fsp3) is 0.400. The number of ether oxygens (including phenoxy) is 1. The zero-order valence-corrected chi connectivity index (χ0v) is 20.2. The van der Waals surface area contributed by atoms with Crippen molar-refractivity contribution in [1.29, 1.82) is 0 Å². The largest absolute Gasteiger partial charge is 0.377 e. The summed E-state index contributed by atoms with van der Waals surface area (Å²) in [5.41, 5.74) is 2.15. The van der Waals surface area contributed by atoms with Gasteiger partial charge in [-0.3, -0.25) is 4.99 Å². The first-order chi connectivity index (χ1) is 14.2. The maximum atomic E-state index is 5.13. The van der Waals surface area contributed by atoms with Gasteiger partial charge in [0.1, 0.15) is 17.4 Å². The zero-order valence-electron chi connectivity index (χ0n) is 17.0. The van der Waals surface area contributed by atoms with Crippen molar-refractivity contribution >= 4 is 41.3 Å². The van der Waals surface area contributed by atoms with Gasteiger partial charge in [0, 0.05) is 37.6 Å². The average molecular weight is 539 g/mol. The minimum atomic E-state index is 0. The molecule has 0 spiro atoms. The van der Waals surface area contributed by atoms with Crippen LogP contribution in [0.3, 0.4) is 0 Å². The van der Waals surface area contributed by atoms with Gasteiger partial charge in [0.2, 0.25) is 0 Å². The van der Waals surface area contributed by atoms with E-state index in [1.54, 1.807) is 25.5 Å². The Labute approximate surface area is 197 Å². The maximum absolute atomic E-state index is 5.13. The first-order valence-corrected chi connectivity index (χ1v) is 10.5. The van der Waals surface area contributed by atoms with Crippen LogP contribution in [0.5, 0.6) is 0 Å². The van der Waals surface area contributed by atoms with E-state index in [9.17, 15) is 0 Å². The van der Waals surface area contributed by atoms with Gasteiger partial charge < -0.3 is 15.4 Å². The van der Waals surface area contributed by atoms with E-state index in [1.807, 2.05) is 22.9 Å². The summed E-state index contributed by atoms with van der Waals surface area (Å²) < 4.78 is 7.10. The molecule has 30 heavy (non-hydrogen) atoms. The average Bonchev–Trinajstić information content (AvgIpc) is 3.38. The molecule has 1 unspecified atom stereocenters. The Hall–Kier alpha value is -2.05. The molecule has 1 aliphatic rings. The molecule has 4 rings (SSSR count). The van der Waals surface area contributed by atoms with Gasteiger partial charge in [-0.25, -0.2) is 14.6 Å². The highest BCUT2D eigenvalue weighted by Gasteiger charge is 2.22. The van der Waals surface area contributed by atoms with Gasteiger partial charge in [-0.2, -0.15) is 5.10 Å². The SMILES string of the molecule is CN=C(NCc1csc(-c2ccccc2)n1)NC1CCc2nc(COC)nn2C1.I. The minimum Gasteiger partial charge on any atom is -0.377 e. The summed E-state index contributed by atoms with van der Waals surface area (Å²) in [7, 11) is 3.44. The number of methoxy groups -OCH3 is 1. The standard InChI is InChI=1S/C20H25N7OS.HI/c1-21-20(22-10-16-13-29-19(23-16)14-6-4-3-5-7-14)24-15-8-9-18-25-17(12-28-2)26-27(18)11-15;/h3-7,13,15H,8-12H2,1-2H3,(H2,21,22,24);1H. The highest BCUT2D eigenvalue weighted by atomic mass is 127. The fourth-order valence-electron chi connectivity index (χ4n) is 3.33. The molecular formula is C20H26IN7OS. The van der Waals surface area contributed by atoms with Crippen molar-refractivity contribution in [3.63, 3.8) is 0 Å². The van der Waals surface area contributed by atoms with Gasteiger partial charge in [0.05, 0.1) is 18.8 Å². The molecule has 2 N–H and O–H groups in total. The summed E-state index contributed by atoms with van der Waals surface area (Å²) in [6, 6.07) is 10.5. The number of guanidine groups is 1. The Kier molecular flexibility index (Phi) is 8.16. The highest BCUT2D eigenvalue weighted by molar-refractivity contribution is 14.0. The van der Waals surface area contributed by atoms with Crippen LogP contribution in [0, 0.1) is 0 Å². The van der Waals surface area contributed by atoms with Crippen LogP contribution in [0.25, 0.3) is 10.6 Å². The highest BCUT2D eigenvalue weighted by Crippen LogP contribution is 2.23. The molecule has 0 fully saturated rings. The Balaban J connectivity index is 0.00000256. The lowest BCUT2D eigenvalue weighted by molar-refractivity contribution is 0.177. The Morgan fingerprint density at radius 1 is 1.30 bits per heavy atom. The van der Waals surface area contributed by atoms with Crippen LogP contribution in [0.4, 0.5) is 0 Å². The van der Waals surface area contributed by atoms with Crippen molar-refractivity contribution in [3.8, 4) is 10.6 Å². The van der Waals surface area contributed by atoms with Gasteiger partial charge >= 0.3 is 0 Å². The van der Waals surface area contributed by atoms with Gasteiger partial charge in [-0.1, -0.05) is 30.3 Å². The summed E-state index contributed by atoms with van der Waals surface area (Å²) in [6.45, 7) is 1.84. The molecule has 0 saturated carbocycles. The molecule has 0 aliphatic carbocycles. The van der Waals surface area contributed by atoms with Crippen molar-refractivity contribution in [3.05, 3.63) is 53.1 Å². The van der Waals surface area contributed by atoms with Crippen molar-refractivity contribution < 1.29 is 4.74 Å². The van der Waals surface area contributed by atoms with Gasteiger partial charge in [0.25, 0.3) is 0 Å². The third-order valence-electron chi connectivity index (χ3n) is 4.75. The van der Waals surface area contributed by atoms with E-state index in [4.69, 9.17) is 9.72 Å². The number of halogens is 1. The van der Waals surface area contributed by atoms with E-state index in [1.165, 1.54) is 0 Å². The number of aryl methyl sites for hydroxylation is 1. The second kappa shape index (κ2) is 10.8. The van der Waals surface area contributed by atoms with E-state index in [-0.39, 0.29) is 30.0 Å². The molecule has 1 atom stereocenters. The van der Waals surface area contributed by atoms with Crippen molar-refractivity contribution in [2.24, 2.45) is 4.99 Å². The minimum absolute atomic E-state index is 0. The lowest BCUT2D eigenvalue weighted by Gasteiger charge is -2.25. The number of hydrogen-bond acceptors (Lipinski definition) is 6. The van der Waals surface area contributed by atoms with E-state index in [0.29, 0.717) is 13.2 Å². The van der Waals surface area contributed by atoms with Crippen molar-refractivity contribution in [2.75, 3.05) is 14.2 Å². The van der Waals surface area contributed by atoms with Gasteiger partial charge in [-0.05, 0) is 6.42 Å². The summed E-state index contributed by atoms with van der Waals surface area (Å²) in [6.07, 6.45) is 1.87. The van der Waals surface area contributed by atoms with Crippen LogP contribution in [0.15, 0.2) is 40.7 Å². The van der Waals surface area contributed by atoms with E-state index in [2.05, 4.69) is 43.2 Å². The number of hydrogen-bond donors (Lipinski definition) is 2. The van der Waals surface area contributed by atoms with Crippen LogP contribution >= 0.6 is 35.3 Å². The normalized spacial score (nSPS) is 15.9. The molecule has 160 valence electrons. The Morgan fingerprint density at radius 3 is 2.90 bits per heavy atom. The summed E-state index contributed by atoms with van der Waals surface area (Å²) in [5, 5.41) is 14.5. The molecule has 10 heteroatoms. The number of fused-ring (bicyclic) bond motifs is 1. The number of aromatic nitrogens is 4. The molecule has 1 aliphatic heterocycles. The molecule has 8 nitrogen and oxygen atoms in total. The lowest BCUT2D eigenvalue weighted by atomic mass is 10.1. The molecule has 3 aromatic rings. The number of aliphatic imine (C=N–C) groups is 1. The van der Waals surface area contributed by atoms with Gasteiger partial charge in [-0.15, -0.1) is 35.3 Å². The lowest BCUT2D eigenvalue weighted by Crippen LogP contribution is -2.46. The molecule has 2 aromatic heterocycles. The second-order valence-electron chi connectivity index (χ2n) is 6.88. The fourth-order valence-corrected chi connectivity index (χ4v) is 4.16. The number of nitrogens with one attached hydrogen (secondary N) is 2. The topological polar surface area (TPSA) is 89.2 Å². The predicted octanol–water partition coefficient (Wildman–Crippen LogP) is 2.85. The van der Waals surface area contributed by atoms with Gasteiger partial charge in [0.15, 0.2) is 11.8 Å². The van der Waals surface area contributed by atoms with Crippen LogP contribution in [-0.4, -0.2) is 45.9 Å². The van der Waals surface area contributed by atoms with E-state index >= 15 is 0 Å².